The highest BCUT2D eigenvalue weighted by molar-refractivity contribution is 5.84. The van der Waals surface area contributed by atoms with Gasteiger partial charge in [0, 0.05) is 24.1 Å². The molecule has 11 heteroatoms. The fraction of sp³-hybridized carbons (Fsp3) is 0.632. The molecule has 11 nitrogen and oxygen atoms in total. The number of phenolic OH excluding ortho intramolecular Hbond substituents is 2. The monoisotopic (exact) mass is 429 g/mol. The van der Waals surface area contributed by atoms with Gasteiger partial charge in [-0.1, -0.05) is 13.8 Å². The molecule has 0 saturated carbocycles. The van der Waals surface area contributed by atoms with Crippen molar-refractivity contribution >= 4 is 5.78 Å². The van der Waals surface area contributed by atoms with Gasteiger partial charge in [-0.25, -0.2) is 4.90 Å². The first-order valence-corrected chi connectivity index (χ1v) is 9.54. The van der Waals surface area contributed by atoms with E-state index in [1.165, 1.54) is 4.90 Å². The van der Waals surface area contributed by atoms with E-state index in [1.54, 1.807) is 0 Å². The van der Waals surface area contributed by atoms with E-state index < -0.39 is 52.8 Å². The van der Waals surface area contributed by atoms with Crippen LogP contribution in [-0.2, 0) is 11.2 Å². The summed E-state index contributed by atoms with van der Waals surface area (Å²) in [6.45, 7) is 3.77. The van der Waals surface area contributed by atoms with Crippen molar-refractivity contribution in [2.75, 3.05) is 13.7 Å². The predicted octanol–water partition coefficient (Wildman–Crippen LogP) is -0.754. The van der Waals surface area contributed by atoms with Crippen molar-refractivity contribution in [3.8, 4) is 23.0 Å². The largest absolute Gasteiger partial charge is 0.504 e. The average molecular weight is 429 g/mol. The number of piperidine rings is 1. The molecule has 1 fully saturated rings. The van der Waals surface area contributed by atoms with Crippen LogP contribution in [0.2, 0.25) is 0 Å². The average Bonchev–Trinajstić information content (AvgIpc) is 2.61. The molecule has 1 aromatic rings. The van der Waals surface area contributed by atoms with E-state index in [9.17, 15) is 40.5 Å². The number of rotatable bonds is 5. The van der Waals surface area contributed by atoms with E-state index >= 15 is 0 Å². The third-order valence-corrected chi connectivity index (χ3v) is 5.64. The zero-order valence-corrected chi connectivity index (χ0v) is 16.9. The lowest BCUT2D eigenvalue weighted by Crippen LogP contribution is -2.63. The minimum Gasteiger partial charge on any atom is -0.504 e. The van der Waals surface area contributed by atoms with Crippen molar-refractivity contribution < 1.29 is 50.0 Å². The second kappa shape index (κ2) is 7.52. The number of ketones is 1. The van der Waals surface area contributed by atoms with Crippen LogP contribution in [0.25, 0.3) is 0 Å². The van der Waals surface area contributed by atoms with Gasteiger partial charge in [-0.15, -0.1) is 0 Å². The molecule has 0 bridgehead atoms. The number of aliphatic hydroxyl groups is 5. The smallest absolute Gasteiger partial charge is 0.453 e. The first kappa shape index (κ1) is 22.5. The topological polar surface area (TPSA) is 180 Å². The van der Waals surface area contributed by atoms with Crippen LogP contribution < -0.4 is 9.47 Å². The number of nitrogens with zero attached hydrogens (tertiary/aromatic N) is 1. The van der Waals surface area contributed by atoms with E-state index in [0.717, 1.165) is 7.11 Å². The highest BCUT2D eigenvalue weighted by atomic mass is 16.9. The van der Waals surface area contributed by atoms with Gasteiger partial charge in [0.15, 0.2) is 11.5 Å². The first-order valence-electron chi connectivity index (χ1n) is 9.54. The maximum Gasteiger partial charge on any atom is 0.453 e. The summed E-state index contributed by atoms with van der Waals surface area (Å²) in [5.74, 6) is -6.41. The molecule has 2 aliphatic rings. The number of fused-ring (bicyclic) bond motifs is 3. The van der Waals surface area contributed by atoms with Gasteiger partial charge in [-0.05, 0) is 18.8 Å². The number of phenols is 2. The van der Waals surface area contributed by atoms with Gasteiger partial charge >= 0.3 is 6.16 Å². The van der Waals surface area contributed by atoms with E-state index in [0.29, 0.717) is 0 Å². The lowest BCUT2D eigenvalue weighted by molar-refractivity contribution is -0.420. The van der Waals surface area contributed by atoms with Gasteiger partial charge in [-0.3, -0.25) is 4.79 Å². The van der Waals surface area contributed by atoms with E-state index in [-0.39, 0.29) is 42.9 Å². The maximum atomic E-state index is 12.8. The van der Waals surface area contributed by atoms with Crippen LogP contribution in [0.5, 0.6) is 23.0 Å². The summed E-state index contributed by atoms with van der Waals surface area (Å²) in [4.78, 5) is 14.0. The molecule has 2 atom stereocenters. The number of carbonyl (C=O) groups excluding carboxylic acids is 1. The lowest BCUT2D eigenvalue weighted by atomic mass is 9.77. The van der Waals surface area contributed by atoms with Crippen LogP contribution in [0.1, 0.15) is 43.9 Å². The molecular formula is C19H27NO10. The zero-order valence-electron chi connectivity index (χ0n) is 16.9. The van der Waals surface area contributed by atoms with Crippen molar-refractivity contribution in [3.63, 3.8) is 0 Å². The predicted molar refractivity (Wildman–Crippen MR) is 99.2 cm³/mol. The first-order chi connectivity index (χ1) is 13.8. The SMILES string of the molecule is COc1c(O)c2c(c(O)c1OC(O)(O)O)C1CC(=O)C(CC(C)C)C(O)(O)N1CC2. The second-order valence-corrected chi connectivity index (χ2v) is 8.13. The Morgan fingerprint density at radius 3 is 2.33 bits per heavy atom. The van der Waals surface area contributed by atoms with Crippen molar-refractivity contribution in [1.29, 1.82) is 0 Å². The number of aromatic hydroxyl groups is 2. The third-order valence-electron chi connectivity index (χ3n) is 5.64. The normalized spacial score (nSPS) is 23.8. The molecule has 3 rings (SSSR count). The van der Waals surface area contributed by atoms with Crippen LogP contribution >= 0.6 is 0 Å². The molecule has 1 aromatic carbocycles. The molecule has 0 radical (unpaired) electrons. The fourth-order valence-corrected chi connectivity index (χ4v) is 4.44. The number of ether oxygens (including phenoxy) is 2. The second-order valence-electron chi connectivity index (χ2n) is 8.13. The summed E-state index contributed by atoms with van der Waals surface area (Å²) in [6, 6.07) is -1.04. The Morgan fingerprint density at radius 1 is 1.17 bits per heavy atom. The molecule has 1 saturated heterocycles. The molecule has 2 aliphatic heterocycles. The summed E-state index contributed by atoms with van der Waals surface area (Å²) in [7, 11) is 1.13. The molecule has 2 heterocycles. The van der Waals surface area contributed by atoms with Crippen LogP contribution in [0.15, 0.2) is 0 Å². The van der Waals surface area contributed by atoms with Gasteiger partial charge in [0.05, 0.1) is 19.1 Å². The van der Waals surface area contributed by atoms with E-state index in [4.69, 9.17) is 4.74 Å². The summed E-state index contributed by atoms with van der Waals surface area (Å²) >= 11 is 0. The third kappa shape index (κ3) is 3.68. The quantitative estimate of drug-likeness (QED) is 0.231. The highest BCUT2D eigenvalue weighted by Crippen LogP contribution is 2.56. The number of hydrogen-bond acceptors (Lipinski definition) is 11. The van der Waals surface area contributed by atoms with Gasteiger partial charge in [0.2, 0.25) is 17.4 Å². The van der Waals surface area contributed by atoms with Crippen molar-refractivity contribution in [2.24, 2.45) is 11.8 Å². The van der Waals surface area contributed by atoms with Crippen molar-refractivity contribution in [3.05, 3.63) is 11.1 Å². The molecule has 0 aromatic heterocycles. The lowest BCUT2D eigenvalue weighted by Gasteiger charge is -2.51. The Morgan fingerprint density at radius 2 is 1.80 bits per heavy atom. The summed E-state index contributed by atoms with van der Waals surface area (Å²) in [5.41, 5.74) is 0.130. The zero-order chi connectivity index (χ0) is 22.6. The van der Waals surface area contributed by atoms with Gasteiger partial charge < -0.3 is 45.2 Å². The number of methoxy groups -OCH3 is 1. The summed E-state index contributed by atoms with van der Waals surface area (Å²) < 4.78 is 9.52. The van der Waals surface area contributed by atoms with Crippen LogP contribution in [-0.4, -0.2) is 72.2 Å². The molecule has 0 aliphatic carbocycles. The van der Waals surface area contributed by atoms with Gasteiger partial charge in [0.1, 0.15) is 5.78 Å². The van der Waals surface area contributed by atoms with Crippen molar-refractivity contribution in [2.45, 2.75) is 51.2 Å². The van der Waals surface area contributed by atoms with Crippen LogP contribution in [0.3, 0.4) is 0 Å². The summed E-state index contributed by atoms with van der Waals surface area (Å²) in [5, 5.41) is 70.6. The Labute approximate surface area is 172 Å². The van der Waals surface area contributed by atoms with E-state index in [2.05, 4.69) is 4.74 Å². The molecule has 2 unspecified atom stereocenters. The molecule has 168 valence electrons. The minimum absolute atomic E-state index is 0.0275. The number of benzene rings is 1. The molecule has 0 amide bonds. The highest BCUT2D eigenvalue weighted by Gasteiger charge is 2.55. The number of Topliss-reactive ketones (excluding diaryl/α,β-unsaturated/α-hetero) is 1. The Kier molecular flexibility index (Phi) is 5.65. The van der Waals surface area contributed by atoms with Crippen LogP contribution in [0, 0.1) is 11.8 Å². The van der Waals surface area contributed by atoms with Crippen molar-refractivity contribution in [1.82, 2.24) is 4.90 Å². The molecule has 30 heavy (non-hydrogen) atoms. The van der Waals surface area contributed by atoms with Crippen LogP contribution in [0.4, 0.5) is 0 Å². The number of carbonyl (C=O) groups is 1. The Balaban J connectivity index is 2.15. The Hall–Kier alpha value is -2.15. The molecular weight excluding hydrogens is 402 g/mol. The van der Waals surface area contributed by atoms with Gasteiger partial charge in [0.25, 0.3) is 0 Å². The minimum atomic E-state index is -3.69. The maximum absolute atomic E-state index is 12.8. The summed E-state index contributed by atoms with van der Waals surface area (Å²) in [6.07, 6.45) is -3.56. The fourth-order valence-electron chi connectivity index (χ4n) is 4.44. The Bertz CT molecular complexity index is 845. The number of hydrogen-bond donors (Lipinski definition) is 7. The standard InChI is InChI=1S/C19H27NO10/c1-8(2)6-10-12(21)7-11-13-9(4-5-20(11)18(10,24)25)14(22)16(29-3)17(15(13)23)30-19(26,27)28/h8,10-11,22-28H,4-7H2,1-3H3. The molecule has 7 N–H and O–H groups in total. The van der Waals surface area contributed by atoms with E-state index in [1.807, 2.05) is 13.8 Å². The molecule has 0 spiro atoms. The van der Waals surface area contributed by atoms with Gasteiger partial charge in [-0.2, -0.15) is 0 Å².